The van der Waals surface area contributed by atoms with Gasteiger partial charge in [-0.2, -0.15) is 0 Å². The number of carbonyl (C=O) groups excluding carboxylic acids is 1. The molecule has 1 fully saturated rings. The zero-order valence-electron chi connectivity index (χ0n) is 11.9. The number of thioether (sulfide) groups is 1. The minimum atomic E-state index is 0.0138. The van der Waals surface area contributed by atoms with Crippen molar-refractivity contribution in [2.24, 2.45) is 0 Å². The van der Waals surface area contributed by atoms with Gasteiger partial charge in [0, 0.05) is 18.0 Å². The Morgan fingerprint density at radius 2 is 1.89 bits per heavy atom. The second kappa shape index (κ2) is 6.99. The van der Waals surface area contributed by atoms with Gasteiger partial charge < -0.3 is 4.90 Å². The van der Waals surface area contributed by atoms with Crippen molar-refractivity contribution in [2.75, 3.05) is 13.1 Å². The van der Waals surface area contributed by atoms with Crippen LogP contribution >= 0.6 is 11.8 Å². The standard InChI is InChI=1S/C16H23NOS/c1-13-8-7-9-15(12-13)19-14(2)16(18)17-10-5-3-4-6-11-17/h7-9,12,14H,3-6,10-11H2,1-2H3. The van der Waals surface area contributed by atoms with Gasteiger partial charge in [-0.05, 0) is 38.8 Å². The molecule has 104 valence electrons. The van der Waals surface area contributed by atoms with E-state index in [1.165, 1.54) is 23.3 Å². The maximum absolute atomic E-state index is 12.4. The maximum atomic E-state index is 12.4. The Hall–Kier alpha value is -0.960. The van der Waals surface area contributed by atoms with Crippen LogP contribution in [0.3, 0.4) is 0 Å². The van der Waals surface area contributed by atoms with Crippen LogP contribution in [0, 0.1) is 6.92 Å². The molecule has 0 radical (unpaired) electrons. The molecule has 1 aliphatic rings. The molecule has 1 heterocycles. The smallest absolute Gasteiger partial charge is 0.235 e. The fourth-order valence-corrected chi connectivity index (χ4v) is 3.56. The van der Waals surface area contributed by atoms with Gasteiger partial charge in [-0.3, -0.25) is 4.79 Å². The molecule has 1 aromatic carbocycles. The summed E-state index contributed by atoms with van der Waals surface area (Å²) < 4.78 is 0. The third-order valence-electron chi connectivity index (χ3n) is 3.57. The summed E-state index contributed by atoms with van der Waals surface area (Å²) in [4.78, 5) is 15.7. The molecule has 0 aromatic heterocycles. The third kappa shape index (κ3) is 4.27. The van der Waals surface area contributed by atoms with E-state index >= 15 is 0 Å². The lowest BCUT2D eigenvalue weighted by atomic mass is 10.2. The number of hydrogen-bond donors (Lipinski definition) is 0. The molecule has 2 nitrogen and oxygen atoms in total. The summed E-state index contributed by atoms with van der Waals surface area (Å²) in [5, 5.41) is 0.0138. The van der Waals surface area contributed by atoms with E-state index < -0.39 is 0 Å². The molecule has 1 atom stereocenters. The van der Waals surface area contributed by atoms with E-state index in [1.807, 2.05) is 6.92 Å². The number of carbonyl (C=O) groups is 1. The van der Waals surface area contributed by atoms with Crippen LogP contribution in [0.5, 0.6) is 0 Å². The summed E-state index contributed by atoms with van der Waals surface area (Å²) in [5.41, 5.74) is 1.25. The first-order chi connectivity index (χ1) is 9.16. The van der Waals surface area contributed by atoms with Crippen LogP contribution in [0.15, 0.2) is 29.2 Å². The molecule has 0 aliphatic carbocycles. The summed E-state index contributed by atoms with van der Waals surface area (Å²) in [6.45, 7) is 6.00. The first-order valence-corrected chi connectivity index (χ1v) is 8.07. The predicted octanol–water partition coefficient (Wildman–Crippen LogP) is 3.88. The highest BCUT2D eigenvalue weighted by atomic mass is 32.2. The van der Waals surface area contributed by atoms with Crippen LogP contribution in [0.25, 0.3) is 0 Å². The van der Waals surface area contributed by atoms with Gasteiger partial charge in [-0.15, -0.1) is 11.8 Å². The SMILES string of the molecule is Cc1cccc(SC(C)C(=O)N2CCCCCC2)c1. The lowest BCUT2D eigenvalue weighted by molar-refractivity contribution is -0.130. The van der Waals surface area contributed by atoms with Crippen molar-refractivity contribution < 1.29 is 4.79 Å². The van der Waals surface area contributed by atoms with Gasteiger partial charge in [0.25, 0.3) is 0 Å². The van der Waals surface area contributed by atoms with E-state index in [9.17, 15) is 4.79 Å². The van der Waals surface area contributed by atoms with Crippen LogP contribution in [0.4, 0.5) is 0 Å². The molecule has 19 heavy (non-hydrogen) atoms. The molecule has 0 saturated carbocycles. The predicted molar refractivity (Wildman–Crippen MR) is 81.5 cm³/mol. The number of aryl methyl sites for hydroxylation is 1. The minimum absolute atomic E-state index is 0.0138. The fourth-order valence-electron chi connectivity index (χ4n) is 2.49. The number of amides is 1. The largest absolute Gasteiger partial charge is 0.342 e. The molecular formula is C16H23NOS. The quantitative estimate of drug-likeness (QED) is 0.782. The Labute approximate surface area is 120 Å². The average molecular weight is 277 g/mol. The molecule has 0 spiro atoms. The normalized spacial score (nSPS) is 17.9. The first-order valence-electron chi connectivity index (χ1n) is 7.19. The van der Waals surface area contributed by atoms with Crippen molar-refractivity contribution in [1.29, 1.82) is 0 Å². The van der Waals surface area contributed by atoms with Crippen LogP contribution in [-0.2, 0) is 4.79 Å². The number of rotatable bonds is 3. The van der Waals surface area contributed by atoms with Crippen molar-refractivity contribution in [3.8, 4) is 0 Å². The van der Waals surface area contributed by atoms with Crippen molar-refractivity contribution in [3.05, 3.63) is 29.8 Å². The highest BCUT2D eigenvalue weighted by molar-refractivity contribution is 8.00. The lowest BCUT2D eigenvalue weighted by Crippen LogP contribution is -2.37. The van der Waals surface area contributed by atoms with E-state index in [2.05, 4.69) is 36.1 Å². The molecule has 2 rings (SSSR count). The van der Waals surface area contributed by atoms with Crippen LogP contribution in [0.1, 0.15) is 38.2 Å². The van der Waals surface area contributed by atoms with Crippen molar-refractivity contribution in [2.45, 2.75) is 49.7 Å². The second-order valence-electron chi connectivity index (χ2n) is 5.32. The molecule has 1 unspecified atom stereocenters. The summed E-state index contributed by atoms with van der Waals surface area (Å²) in [7, 11) is 0. The van der Waals surface area contributed by atoms with Gasteiger partial charge in [-0.25, -0.2) is 0 Å². The van der Waals surface area contributed by atoms with Crippen LogP contribution < -0.4 is 0 Å². The van der Waals surface area contributed by atoms with Gasteiger partial charge in [0.15, 0.2) is 0 Å². The molecule has 0 bridgehead atoms. The summed E-state index contributed by atoms with van der Waals surface area (Å²) >= 11 is 1.68. The highest BCUT2D eigenvalue weighted by Crippen LogP contribution is 2.25. The van der Waals surface area contributed by atoms with E-state index in [0.29, 0.717) is 5.91 Å². The Balaban J connectivity index is 1.94. The van der Waals surface area contributed by atoms with Crippen molar-refractivity contribution in [3.63, 3.8) is 0 Å². The summed E-state index contributed by atoms with van der Waals surface area (Å²) in [6, 6.07) is 8.38. The molecule has 1 aromatic rings. The Morgan fingerprint density at radius 1 is 1.21 bits per heavy atom. The van der Waals surface area contributed by atoms with Crippen molar-refractivity contribution >= 4 is 17.7 Å². The first kappa shape index (κ1) is 14.4. The number of benzene rings is 1. The van der Waals surface area contributed by atoms with E-state index in [0.717, 1.165) is 25.9 Å². The van der Waals surface area contributed by atoms with Gasteiger partial charge in [0.05, 0.1) is 5.25 Å². The molecular weight excluding hydrogens is 254 g/mol. The summed E-state index contributed by atoms with van der Waals surface area (Å²) in [6.07, 6.45) is 4.85. The zero-order valence-corrected chi connectivity index (χ0v) is 12.7. The van der Waals surface area contributed by atoms with Crippen molar-refractivity contribution in [1.82, 2.24) is 4.90 Å². The second-order valence-corrected chi connectivity index (χ2v) is 6.73. The van der Waals surface area contributed by atoms with Crippen LogP contribution in [0.2, 0.25) is 0 Å². The van der Waals surface area contributed by atoms with Gasteiger partial charge in [0.2, 0.25) is 5.91 Å². The van der Waals surface area contributed by atoms with E-state index in [-0.39, 0.29) is 5.25 Å². The molecule has 0 N–H and O–H groups in total. The monoisotopic (exact) mass is 277 g/mol. The Bertz CT molecular complexity index is 425. The number of hydrogen-bond acceptors (Lipinski definition) is 2. The third-order valence-corrected chi connectivity index (χ3v) is 4.65. The van der Waals surface area contributed by atoms with Gasteiger partial charge in [-0.1, -0.05) is 30.5 Å². The highest BCUT2D eigenvalue weighted by Gasteiger charge is 2.22. The zero-order chi connectivity index (χ0) is 13.7. The number of nitrogens with zero attached hydrogens (tertiary/aromatic N) is 1. The Morgan fingerprint density at radius 3 is 2.53 bits per heavy atom. The minimum Gasteiger partial charge on any atom is -0.342 e. The Kier molecular flexibility index (Phi) is 5.32. The molecule has 1 amide bonds. The molecule has 1 aliphatic heterocycles. The lowest BCUT2D eigenvalue weighted by Gasteiger charge is -2.23. The maximum Gasteiger partial charge on any atom is 0.235 e. The van der Waals surface area contributed by atoms with Gasteiger partial charge in [0.1, 0.15) is 0 Å². The van der Waals surface area contributed by atoms with Crippen LogP contribution in [-0.4, -0.2) is 29.1 Å². The fraction of sp³-hybridized carbons (Fsp3) is 0.562. The summed E-state index contributed by atoms with van der Waals surface area (Å²) in [5.74, 6) is 0.299. The molecule has 3 heteroatoms. The number of likely N-dealkylation sites (tertiary alicyclic amines) is 1. The van der Waals surface area contributed by atoms with Gasteiger partial charge >= 0.3 is 0 Å². The topological polar surface area (TPSA) is 20.3 Å². The molecule has 1 saturated heterocycles. The van der Waals surface area contributed by atoms with E-state index in [4.69, 9.17) is 0 Å². The van der Waals surface area contributed by atoms with E-state index in [1.54, 1.807) is 11.8 Å². The average Bonchev–Trinajstić information content (AvgIpc) is 2.66.